The fourth-order valence-electron chi connectivity index (χ4n) is 3.94. The zero-order valence-electron chi connectivity index (χ0n) is 16.9. The second kappa shape index (κ2) is 6.85. The normalized spacial score (nSPS) is 21.5. The third-order valence-corrected chi connectivity index (χ3v) is 5.82. The number of amides is 1. The molecule has 2 aliphatic rings. The maximum Gasteiger partial charge on any atom is 0.240 e. The first-order valence-electron chi connectivity index (χ1n) is 9.97. The first-order valence-corrected chi connectivity index (χ1v) is 9.97. The molecule has 1 amide bonds. The number of aromatic nitrogens is 2. The van der Waals surface area contributed by atoms with Gasteiger partial charge in [-0.3, -0.25) is 4.79 Å². The minimum absolute atomic E-state index is 0.0496. The van der Waals surface area contributed by atoms with Crippen LogP contribution in [0.25, 0.3) is 0 Å². The Morgan fingerprint density at radius 3 is 2.68 bits per heavy atom. The zero-order chi connectivity index (χ0) is 19.9. The Hall–Kier alpha value is -2.47. The Balaban J connectivity index is 1.57. The van der Waals surface area contributed by atoms with E-state index in [-0.39, 0.29) is 17.4 Å². The number of hydrogen-bond donors (Lipinski definition) is 2. The van der Waals surface area contributed by atoms with E-state index in [1.807, 2.05) is 31.4 Å². The number of nitrogens with zero attached hydrogens (tertiary/aromatic N) is 3. The van der Waals surface area contributed by atoms with E-state index in [9.17, 15) is 4.79 Å². The summed E-state index contributed by atoms with van der Waals surface area (Å²) in [7, 11) is 2.01. The molecule has 4 rings (SSSR count). The molecule has 0 radical (unpaired) electrons. The second-order valence-electron chi connectivity index (χ2n) is 9.14. The lowest BCUT2D eigenvalue weighted by Crippen LogP contribution is -2.46. The summed E-state index contributed by atoms with van der Waals surface area (Å²) in [6, 6.07) is 10.2. The Kier molecular flexibility index (Phi) is 4.62. The highest BCUT2D eigenvalue weighted by Crippen LogP contribution is 2.41. The molecule has 0 saturated heterocycles. The maximum atomic E-state index is 12.5. The van der Waals surface area contributed by atoms with Crippen LogP contribution in [0.4, 0.5) is 5.95 Å². The molecular formula is C22H29N5O. The Labute approximate surface area is 166 Å². The number of nitrogens with two attached hydrogens (primary N) is 1. The van der Waals surface area contributed by atoms with Gasteiger partial charge in [0.05, 0.1) is 17.3 Å². The monoisotopic (exact) mass is 379 g/mol. The van der Waals surface area contributed by atoms with Crippen molar-refractivity contribution in [1.82, 2.24) is 15.3 Å². The molecular weight excluding hydrogens is 350 g/mol. The third kappa shape index (κ3) is 3.87. The van der Waals surface area contributed by atoms with E-state index in [0.29, 0.717) is 5.95 Å². The van der Waals surface area contributed by atoms with Crippen molar-refractivity contribution in [3.63, 3.8) is 0 Å². The van der Waals surface area contributed by atoms with Gasteiger partial charge in [-0.25, -0.2) is 9.97 Å². The average molecular weight is 380 g/mol. The van der Waals surface area contributed by atoms with E-state index in [4.69, 9.17) is 10.7 Å². The molecule has 1 atom stereocenters. The number of carbonyl (C=O) groups excluding carboxylic acids is 1. The average Bonchev–Trinajstić information content (AvgIpc) is 3.40. The molecule has 3 N–H and O–H groups in total. The van der Waals surface area contributed by atoms with Gasteiger partial charge in [0.15, 0.2) is 0 Å². The standard InChI is InChI=1S/C22H29N5O/c1-21(2)11-17(25-19(28)22(23)9-10-22)16-13-24-20(26-18(16)12-21)27(3)14-15-7-5-4-6-8-15/h4-8,13,17H,9-12,14,23H2,1-3H3,(H,25,28). The zero-order valence-corrected chi connectivity index (χ0v) is 16.9. The molecule has 1 saturated carbocycles. The fourth-order valence-corrected chi connectivity index (χ4v) is 3.94. The van der Waals surface area contributed by atoms with Gasteiger partial charge in [-0.05, 0) is 36.7 Å². The molecule has 0 bridgehead atoms. The summed E-state index contributed by atoms with van der Waals surface area (Å²) in [4.78, 5) is 24.0. The van der Waals surface area contributed by atoms with Gasteiger partial charge in [-0.2, -0.15) is 0 Å². The highest BCUT2D eigenvalue weighted by atomic mass is 16.2. The highest BCUT2D eigenvalue weighted by molar-refractivity contribution is 5.89. The van der Waals surface area contributed by atoms with Crippen LogP contribution in [0.15, 0.2) is 36.5 Å². The van der Waals surface area contributed by atoms with Crippen molar-refractivity contribution >= 4 is 11.9 Å². The molecule has 2 aliphatic carbocycles. The van der Waals surface area contributed by atoms with E-state index in [1.165, 1.54) is 5.56 Å². The summed E-state index contributed by atoms with van der Waals surface area (Å²) in [6.45, 7) is 5.19. The highest BCUT2D eigenvalue weighted by Gasteiger charge is 2.47. The van der Waals surface area contributed by atoms with Crippen LogP contribution in [0.2, 0.25) is 0 Å². The number of rotatable bonds is 5. The smallest absolute Gasteiger partial charge is 0.240 e. The van der Waals surface area contributed by atoms with Gasteiger partial charge in [0.2, 0.25) is 11.9 Å². The van der Waals surface area contributed by atoms with Crippen LogP contribution in [0.5, 0.6) is 0 Å². The predicted octanol–water partition coefficient (Wildman–Crippen LogP) is 2.73. The topological polar surface area (TPSA) is 84.1 Å². The first-order chi connectivity index (χ1) is 13.3. The minimum atomic E-state index is -0.668. The van der Waals surface area contributed by atoms with Crippen LogP contribution in [0.1, 0.15) is 56.0 Å². The minimum Gasteiger partial charge on any atom is -0.348 e. The molecule has 0 aliphatic heterocycles. The van der Waals surface area contributed by atoms with Crippen molar-refractivity contribution < 1.29 is 4.79 Å². The van der Waals surface area contributed by atoms with Crippen molar-refractivity contribution in [2.24, 2.45) is 11.1 Å². The molecule has 1 unspecified atom stereocenters. The first kappa shape index (κ1) is 18.9. The molecule has 1 heterocycles. The van der Waals surface area contributed by atoms with Crippen molar-refractivity contribution in [3.8, 4) is 0 Å². The number of hydrogen-bond acceptors (Lipinski definition) is 5. The Morgan fingerprint density at radius 1 is 1.29 bits per heavy atom. The van der Waals surface area contributed by atoms with Crippen molar-refractivity contribution in [1.29, 1.82) is 0 Å². The summed E-state index contributed by atoms with van der Waals surface area (Å²) < 4.78 is 0. The number of carbonyl (C=O) groups is 1. The van der Waals surface area contributed by atoms with Gasteiger partial charge in [-0.15, -0.1) is 0 Å². The number of fused-ring (bicyclic) bond motifs is 1. The quantitative estimate of drug-likeness (QED) is 0.834. The van der Waals surface area contributed by atoms with Crippen LogP contribution in [-0.4, -0.2) is 28.5 Å². The summed E-state index contributed by atoms with van der Waals surface area (Å²) in [5, 5.41) is 3.16. The van der Waals surface area contributed by atoms with E-state index in [1.54, 1.807) is 0 Å². The largest absolute Gasteiger partial charge is 0.348 e. The molecule has 0 spiro atoms. The number of benzene rings is 1. The Morgan fingerprint density at radius 2 is 2.00 bits per heavy atom. The summed E-state index contributed by atoms with van der Waals surface area (Å²) in [5.74, 6) is 0.661. The summed E-state index contributed by atoms with van der Waals surface area (Å²) in [5.41, 5.74) is 8.73. The van der Waals surface area contributed by atoms with Crippen LogP contribution in [-0.2, 0) is 17.8 Å². The molecule has 2 aromatic rings. The van der Waals surface area contributed by atoms with Crippen molar-refractivity contribution in [2.75, 3.05) is 11.9 Å². The molecule has 6 nitrogen and oxygen atoms in total. The van der Waals surface area contributed by atoms with Gasteiger partial charge in [0.1, 0.15) is 0 Å². The van der Waals surface area contributed by atoms with Gasteiger partial charge < -0.3 is 16.0 Å². The lowest BCUT2D eigenvalue weighted by Gasteiger charge is -2.37. The van der Waals surface area contributed by atoms with Gasteiger partial charge in [0.25, 0.3) is 0 Å². The molecule has 1 aromatic heterocycles. The van der Waals surface area contributed by atoms with Crippen LogP contribution in [0, 0.1) is 5.41 Å². The predicted molar refractivity (Wildman–Crippen MR) is 110 cm³/mol. The fraction of sp³-hybridized carbons (Fsp3) is 0.500. The molecule has 6 heteroatoms. The van der Waals surface area contributed by atoms with Crippen LogP contribution >= 0.6 is 0 Å². The summed E-state index contributed by atoms with van der Waals surface area (Å²) >= 11 is 0. The molecule has 1 aromatic carbocycles. The SMILES string of the molecule is CN(Cc1ccccc1)c1ncc2c(n1)CC(C)(C)CC2NC(=O)C1(N)CC1. The molecule has 148 valence electrons. The second-order valence-corrected chi connectivity index (χ2v) is 9.14. The third-order valence-electron chi connectivity index (χ3n) is 5.82. The Bertz CT molecular complexity index is 876. The molecule has 1 fully saturated rings. The van der Waals surface area contributed by atoms with Gasteiger partial charge in [0, 0.05) is 25.4 Å². The van der Waals surface area contributed by atoms with Crippen molar-refractivity contribution in [3.05, 3.63) is 53.3 Å². The van der Waals surface area contributed by atoms with E-state index in [0.717, 1.165) is 43.5 Å². The number of anilines is 1. The van der Waals surface area contributed by atoms with Crippen LogP contribution < -0.4 is 16.0 Å². The van der Waals surface area contributed by atoms with E-state index in [2.05, 4.69) is 41.2 Å². The van der Waals surface area contributed by atoms with Gasteiger partial charge >= 0.3 is 0 Å². The van der Waals surface area contributed by atoms with E-state index < -0.39 is 5.54 Å². The number of nitrogens with one attached hydrogen (secondary N) is 1. The van der Waals surface area contributed by atoms with Gasteiger partial charge in [-0.1, -0.05) is 44.2 Å². The summed E-state index contributed by atoms with van der Waals surface area (Å²) in [6.07, 6.45) is 5.15. The lowest BCUT2D eigenvalue weighted by atomic mass is 9.74. The maximum absolute atomic E-state index is 12.5. The van der Waals surface area contributed by atoms with Crippen molar-refractivity contribution in [2.45, 2.75) is 57.7 Å². The lowest BCUT2D eigenvalue weighted by molar-refractivity contribution is -0.124. The van der Waals surface area contributed by atoms with E-state index >= 15 is 0 Å². The van der Waals surface area contributed by atoms with Crippen LogP contribution in [0.3, 0.4) is 0 Å². The molecule has 28 heavy (non-hydrogen) atoms.